The lowest BCUT2D eigenvalue weighted by Crippen LogP contribution is -2.58. The van der Waals surface area contributed by atoms with Gasteiger partial charge in [0.2, 0.25) is 11.8 Å². The Hall–Kier alpha value is -2.77. The highest BCUT2D eigenvalue weighted by molar-refractivity contribution is 5.76. The summed E-state index contributed by atoms with van der Waals surface area (Å²) in [6.07, 6.45) is 0.803. The number of aliphatic hydroxyl groups is 1. The van der Waals surface area contributed by atoms with Gasteiger partial charge in [0.1, 0.15) is 12.1 Å². The third kappa shape index (κ3) is 14.6. The Labute approximate surface area is 212 Å². The molecule has 0 atom stereocenters. The van der Waals surface area contributed by atoms with Gasteiger partial charge in [0.15, 0.2) is 0 Å². The van der Waals surface area contributed by atoms with Gasteiger partial charge in [-0.3, -0.25) is 9.59 Å². The van der Waals surface area contributed by atoms with Gasteiger partial charge in [0, 0.05) is 25.9 Å². The van der Waals surface area contributed by atoms with Gasteiger partial charge < -0.3 is 46.7 Å². The number of carbonyl (C=O) groups is 3. The summed E-state index contributed by atoms with van der Waals surface area (Å²) in [6, 6.07) is 9.14. The van der Waals surface area contributed by atoms with E-state index in [1.165, 1.54) is 0 Å². The van der Waals surface area contributed by atoms with Gasteiger partial charge in [-0.1, -0.05) is 30.3 Å². The zero-order valence-electron chi connectivity index (χ0n) is 20.8. The maximum absolute atomic E-state index is 12.5. The predicted molar refractivity (Wildman–Crippen MR) is 134 cm³/mol. The van der Waals surface area contributed by atoms with E-state index in [0.717, 1.165) is 5.56 Å². The molecule has 0 aliphatic rings. The minimum Gasteiger partial charge on any atom is -0.445 e. The van der Waals surface area contributed by atoms with Gasteiger partial charge in [-0.2, -0.15) is 0 Å². The first-order chi connectivity index (χ1) is 17.4. The first kappa shape index (κ1) is 31.3. The Morgan fingerprint density at radius 1 is 0.861 bits per heavy atom. The van der Waals surface area contributed by atoms with Gasteiger partial charge in [0.05, 0.1) is 33.0 Å². The van der Waals surface area contributed by atoms with Crippen LogP contribution in [-0.4, -0.2) is 87.8 Å². The molecule has 0 fully saturated rings. The molecular weight excluding hydrogens is 470 g/mol. The topological polar surface area (TPSA) is 187 Å². The summed E-state index contributed by atoms with van der Waals surface area (Å²) < 4.78 is 16.4. The molecule has 0 heterocycles. The van der Waals surface area contributed by atoms with Crippen molar-refractivity contribution in [2.45, 2.75) is 37.8 Å². The molecule has 0 aliphatic heterocycles. The molecule has 12 heteroatoms. The highest BCUT2D eigenvalue weighted by atomic mass is 16.6. The van der Waals surface area contributed by atoms with Gasteiger partial charge in [0.25, 0.3) is 0 Å². The second-order valence-electron chi connectivity index (χ2n) is 8.21. The zero-order chi connectivity index (χ0) is 26.5. The molecule has 36 heavy (non-hydrogen) atoms. The van der Waals surface area contributed by atoms with E-state index >= 15 is 0 Å². The Morgan fingerprint density at radius 2 is 1.39 bits per heavy atom. The molecule has 0 aromatic heterocycles. The normalized spacial score (nSPS) is 11.1. The fourth-order valence-corrected chi connectivity index (χ4v) is 2.92. The Kier molecular flexibility index (Phi) is 16.9. The van der Waals surface area contributed by atoms with E-state index in [9.17, 15) is 19.5 Å². The molecule has 1 aromatic carbocycles. The maximum atomic E-state index is 12.5. The monoisotopic (exact) mass is 511 g/mol. The molecule has 0 aliphatic carbocycles. The summed E-state index contributed by atoms with van der Waals surface area (Å²) in [6.45, 7) is 1.33. The SMILES string of the molecule is NCCCNC(=O)CCOCC(CO)(COCCC(=O)NCCCN)NC(=O)OCc1ccccc1. The lowest BCUT2D eigenvalue weighted by molar-refractivity contribution is -0.122. The van der Waals surface area contributed by atoms with Crippen molar-refractivity contribution < 1.29 is 33.7 Å². The average molecular weight is 512 g/mol. The summed E-state index contributed by atoms with van der Waals surface area (Å²) in [5.74, 6) is -0.379. The van der Waals surface area contributed by atoms with Crippen LogP contribution in [0.15, 0.2) is 30.3 Å². The highest BCUT2D eigenvalue weighted by Crippen LogP contribution is 2.09. The summed E-state index contributed by atoms with van der Waals surface area (Å²) in [5, 5.41) is 18.2. The molecular formula is C24H41N5O7. The summed E-state index contributed by atoms with van der Waals surface area (Å²) >= 11 is 0. The number of hydrogen-bond acceptors (Lipinski definition) is 9. The fraction of sp³-hybridized carbons (Fsp3) is 0.625. The first-order valence-electron chi connectivity index (χ1n) is 12.1. The fourth-order valence-electron chi connectivity index (χ4n) is 2.92. The number of nitrogens with one attached hydrogen (secondary N) is 3. The minimum atomic E-state index is -1.33. The molecule has 0 unspecified atom stereocenters. The molecule has 0 spiro atoms. The molecule has 3 amide bonds. The van der Waals surface area contributed by atoms with Crippen LogP contribution in [0.1, 0.15) is 31.2 Å². The van der Waals surface area contributed by atoms with Crippen molar-refractivity contribution in [1.82, 2.24) is 16.0 Å². The number of hydrogen-bond donors (Lipinski definition) is 6. The standard InChI is InChI=1S/C24H41N5O7/c25-10-4-12-27-21(31)8-14-34-18-24(17-30,19-35-15-9-22(32)28-13-5-11-26)29-23(33)36-16-20-6-2-1-3-7-20/h1-3,6-7,30H,4-5,8-19,25-26H2,(H,27,31)(H,28,32)(H,29,33). The minimum absolute atomic E-state index is 0.0435. The van der Waals surface area contributed by atoms with Crippen molar-refractivity contribution in [2.24, 2.45) is 11.5 Å². The van der Waals surface area contributed by atoms with Gasteiger partial charge >= 0.3 is 6.09 Å². The van der Waals surface area contributed by atoms with Crippen LogP contribution in [0, 0.1) is 0 Å². The number of ether oxygens (including phenoxy) is 3. The summed E-state index contributed by atoms with van der Waals surface area (Å²) in [4.78, 5) is 36.1. The number of rotatable bonds is 20. The number of nitrogens with two attached hydrogens (primary N) is 2. The molecule has 0 bridgehead atoms. The molecule has 204 valence electrons. The van der Waals surface area contributed by atoms with Crippen LogP contribution >= 0.6 is 0 Å². The van der Waals surface area contributed by atoms with Crippen LogP contribution < -0.4 is 27.4 Å². The van der Waals surface area contributed by atoms with E-state index in [1.54, 1.807) is 0 Å². The number of alkyl carbamates (subject to hydrolysis) is 1. The number of carbonyl (C=O) groups excluding carboxylic acids is 3. The van der Waals surface area contributed by atoms with Crippen molar-refractivity contribution >= 4 is 17.9 Å². The largest absolute Gasteiger partial charge is 0.445 e. The van der Waals surface area contributed by atoms with E-state index in [2.05, 4.69) is 16.0 Å². The predicted octanol–water partition coefficient (Wildman–Crippen LogP) is -0.613. The second-order valence-corrected chi connectivity index (χ2v) is 8.21. The van der Waals surface area contributed by atoms with Crippen molar-refractivity contribution in [3.05, 3.63) is 35.9 Å². The molecule has 12 nitrogen and oxygen atoms in total. The Balaban J connectivity index is 2.59. The molecule has 0 saturated heterocycles. The van der Waals surface area contributed by atoms with E-state index in [-0.39, 0.29) is 57.7 Å². The van der Waals surface area contributed by atoms with Gasteiger partial charge in [-0.15, -0.1) is 0 Å². The summed E-state index contributed by atoms with van der Waals surface area (Å²) in [7, 11) is 0. The lowest BCUT2D eigenvalue weighted by Gasteiger charge is -2.32. The van der Waals surface area contributed by atoms with Gasteiger partial charge in [-0.05, 0) is 31.5 Å². The molecule has 0 saturated carbocycles. The smallest absolute Gasteiger partial charge is 0.408 e. The van der Waals surface area contributed by atoms with Gasteiger partial charge in [-0.25, -0.2) is 4.79 Å². The first-order valence-corrected chi connectivity index (χ1v) is 12.1. The quantitative estimate of drug-likeness (QED) is 0.124. The second kappa shape index (κ2) is 19.4. The third-order valence-corrected chi connectivity index (χ3v) is 4.99. The van der Waals surface area contributed by atoms with E-state index in [1.807, 2.05) is 30.3 Å². The Morgan fingerprint density at radius 3 is 1.86 bits per heavy atom. The lowest BCUT2D eigenvalue weighted by atomic mass is 10.0. The molecule has 8 N–H and O–H groups in total. The van der Waals surface area contributed by atoms with Crippen LogP contribution in [0.25, 0.3) is 0 Å². The zero-order valence-corrected chi connectivity index (χ0v) is 20.8. The van der Waals surface area contributed by atoms with Crippen molar-refractivity contribution in [3.63, 3.8) is 0 Å². The maximum Gasteiger partial charge on any atom is 0.408 e. The van der Waals surface area contributed by atoms with E-state index in [4.69, 9.17) is 25.7 Å². The highest BCUT2D eigenvalue weighted by Gasteiger charge is 2.33. The molecule has 1 aromatic rings. The Bertz CT molecular complexity index is 722. The van der Waals surface area contributed by atoms with Crippen molar-refractivity contribution in [2.75, 3.05) is 59.2 Å². The average Bonchev–Trinajstić information content (AvgIpc) is 2.88. The number of aliphatic hydroxyl groups excluding tert-OH is 1. The molecule has 1 rings (SSSR count). The summed E-state index contributed by atoms with van der Waals surface area (Å²) in [5.41, 5.74) is 10.3. The third-order valence-electron chi connectivity index (χ3n) is 4.99. The van der Waals surface area contributed by atoms with E-state index < -0.39 is 18.2 Å². The van der Waals surface area contributed by atoms with Crippen LogP contribution in [0.5, 0.6) is 0 Å². The van der Waals surface area contributed by atoms with Crippen LogP contribution in [0.2, 0.25) is 0 Å². The number of amides is 3. The van der Waals surface area contributed by atoms with Crippen LogP contribution in [-0.2, 0) is 30.4 Å². The van der Waals surface area contributed by atoms with Crippen molar-refractivity contribution in [3.8, 4) is 0 Å². The molecule has 0 radical (unpaired) electrons. The van der Waals surface area contributed by atoms with E-state index in [0.29, 0.717) is 39.0 Å². The van der Waals surface area contributed by atoms with Crippen molar-refractivity contribution in [1.29, 1.82) is 0 Å². The van der Waals surface area contributed by atoms with Crippen LogP contribution in [0.3, 0.4) is 0 Å². The number of benzene rings is 1. The van der Waals surface area contributed by atoms with Crippen LogP contribution in [0.4, 0.5) is 4.79 Å².